The SMILES string of the molecule is COC(=O)c1ccc(-c2ccc(O[C@H]3O[C@H](COC(C)=O)[C@@H](OC(C)=O)[C@H](OC(C)=O)[C@@H]3OC(C)=O)cc2)cn1. The number of hydrogen-bond donors (Lipinski definition) is 0. The van der Waals surface area contributed by atoms with Gasteiger partial charge in [0.2, 0.25) is 12.4 Å². The van der Waals surface area contributed by atoms with Crippen LogP contribution in [0.5, 0.6) is 5.75 Å². The Morgan fingerprint density at radius 2 is 1.32 bits per heavy atom. The average molecular weight is 560 g/mol. The minimum Gasteiger partial charge on any atom is -0.464 e. The van der Waals surface area contributed by atoms with Crippen molar-refractivity contribution in [1.29, 1.82) is 0 Å². The maximum Gasteiger partial charge on any atom is 0.356 e. The van der Waals surface area contributed by atoms with Crippen LogP contribution in [0.4, 0.5) is 0 Å². The molecule has 0 amide bonds. The Morgan fingerprint density at radius 3 is 1.85 bits per heavy atom. The summed E-state index contributed by atoms with van der Waals surface area (Å²) in [7, 11) is 1.27. The van der Waals surface area contributed by atoms with Crippen LogP contribution in [-0.4, -0.2) is 79.3 Å². The maximum absolute atomic E-state index is 12.0. The topological polar surface area (TPSA) is 163 Å². The van der Waals surface area contributed by atoms with Gasteiger partial charge in [-0.05, 0) is 23.8 Å². The van der Waals surface area contributed by atoms with Gasteiger partial charge < -0.3 is 33.2 Å². The van der Waals surface area contributed by atoms with Gasteiger partial charge in [0.15, 0.2) is 12.2 Å². The molecule has 40 heavy (non-hydrogen) atoms. The number of hydrogen-bond acceptors (Lipinski definition) is 13. The highest BCUT2D eigenvalue weighted by atomic mass is 16.7. The van der Waals surface area contributed by atoms with Crippen LogP contribution in [-0.2, 0) is 47.6 Å². The molecule has 0 N–H and O–H groups in total. The molecule has 0 aliphatic carbocycles. The number of carbonyl (C=O) groups excluding carboxylic acids is 5. The summed E-state index contributed by atoms with van der Waals surface area (Å²) in [6.07, 6.45) is -4.95. The zero-order chi connectivity index (χ0) is 29.4. The van der Waals surface area contributed by atoms with Crippen LogP contribution in [0, 0.1) is 0 Å². The van der Waals surface area contributed by atoms with Crippen molar-refractivity contribution in [1.82, 2.24) is 4.98 Å². The van der Waals surface area contributed by atoms with Crippen molar-refractivity contribution in [2.45, 2.75) is 58.4 Å². The van der Waals surface area contributed by atoms with Gasteiger partial charge in [0.25, 0.3) is 0 Å². The molecule has 1 aliphatic heterocycles. The molecule has 2 aromatic rings. The summed E-state index contributed by atoms with van der Waals surface area (Å²) >= 11 is 0. The van der Waals surface area contributed by atoms with Crippen LogP contribution in [0.2, 0.25) is 0 Å². The third-order valence-electron chi connectivity index (χ3n) is 5.55. The number of benzene rings is 1. The summed E-state index contributed by atoms with van der Waals surface area (Å²) in [5.41, 5.74) is 1.62. The van der Waals surface area contributed by atoms with E-state index in [2.05, 4.69) is 9.72 Å². The van der Waals surface area contributed by atoms with Gasteiger partial charge >= 0.3 is 29.8 Å². The largest absolute Gasteiger partial charge is 0.464 e. The van der Waals surface area contributed by atoms with E-state index in [4.69, 9.17) is 28.4 Å². The van der Waals surface area contributed by atoms with Gasteiger partial charge in [-0.2, -0.15) is 0 Å². The lowest BCUT2D eigenvalue weighted by Gasteiger charge is -2.43. The lowest BCUT2D eigenvalue weighted by Crippen LogP contribution is -2.63. The van der Waals surface area contributed by atoms with Crippen molar-refractivity contribution in [3.8, 4) is 16.9 Å². The lowest BCUT2D eigenvalue weighted by atomic mass is 9.98. The van der Waals surface area contributed by atoms with Gasteiger partial charge in [-0.1, -0.05) is 18.2 Å². The second-order valence-electron chi connectivity index (χ2n) is 8.63. The number of ether oxygens (including phenoxy) is 7. The highest BCUT2D eigenvalue weighted by molar-refractivity contribution is 5.87. The van der Waals surface area contributed by atoms with Gasteiger partial charge in [0.1, 0.15) is 24.2 Å². The monoisotopic (exact) mass is 559 g/mol. The van der Waals surface area contributed by atoms with E-state index in [1.807, 2.05) is 0 Å². The number of aromatic nitrogens is 1. The molecule has 1 aromatic carbocycles. The molecule has 13 heteroatoms. The summed E-state index contributed by atoms with van der Waals surface area (Å²) in [5.74, 6) is -3.12. The van der Waals surface area contributed by atoms with Gasteiger partial charge in [-0.25, -0.2) is 9.78 Å². The Balaban J connectivity index is 1.89. The second-order valence-corrected chi connectivity index (χ2v) is 8.63. The molecule has 214 valence electrons. The molecule has 3 rings (SSSR count). The van der Waals surface area contributed by atoms with E-state index in [0.717, 1.165) is 26.3 Å². The zero-order valence-corrected chi connectivity index (χ0v) is 22.5. The number of nitrogens with zero attached hydrogens (tertiary/aromatic N) is 1. The molecule has 0 radical (unpaired) electrons. The van der Waals surface area contributed by atoms with Crippen LogP contribution in [0.1, 0.15) is 38.2 Å². The predicted molar refractivity (Wildman–Crippen MR) is 134 cm³/mol. The van der Waals surface area contributed by atoms with Gasteiger partial charge in [0.05, 0.1) is 7.11 Å². The highest BCUT2D eigenvalue weighted by Gasteiger charge is 2.53. The first-order valence-electron chi connectivity index (χ1n) is 12.1. The fourth-order valence-electron chi connectivity index (χ4n) is 3.93. The lowest BCUT2D eigenvalue weighted by molar-refractivity contribution is -0.288. The molecular formula is C27H29NO12. The van der Waals surface area contributed by atoms with Gasteiger partial charge in [0, 0.05) is 39.5 Å². The maximum atomic E-state index is 12.0. The van der Waals surface area contributed by atoms with Crippen LogP contribution in [0.25, 0.3) is 11.1 Å². The average Bonchev–Trinajstić information content (AvgIpc) is 2.90. The molecule has 0 bridgehead atoms. The van der Waals surface area contributed by atoms with Crippen molar-refractivity contribution in [2.75, 3.05) is 13.7 Å². The quantitative estimate of drug-likeness (QED) is 0.324. The molecule has 1 aliphatic rings. The second kappa shape index (κ2) is 13.5. The summed E-state index contributed by atoms with van der Waals surface area (Å²) in [4.78, 5) is 63.0. The summed E-state index contributed by atoms with van der Waals surface area (Å²) in [6, 6.07) is 9.89. The standard InChI is InChI=1S/C27H29NO12/c1-14(29)35-13-22-23(36-15(2)30)24(37-16(3)31)25(38-17(4)32)27(40-22)39-20-9-6-18(7-10-20)19-8-11-21(28-12-19)26(33)34-5/h6-12,22-25,27H,13H2,1-5H3/t22-,23-,24+,25+,27+/m1/s1. The van der Waals surface area contributed by atoms with E-state index >= 15 is 0 Å². The van der Waals surface area contributed by atoms with E-state index in [0.29, 0.717) is 5.56 Å². The van der Waals surface area contributed by atoms with Crippen molar-refractivity contribution in [3.63, 3.8) is 0 Å². The normalized spacial score (nSPS) is 21.9. The minimum absolute atomic E-state index is 0.162. The molecule has 1 aromatic heterocycles. The molecule has 13 nitrogen and oxygen atoms in total. The van der Waals surface area contributed by atoms with Crippen LogP contribution >= 0.6 is 0 Å². The molecule has 0 unspecified atom stereocenters. The number of methoxy groups -OCH3 is 1. The summed E-state index contributed by atoms with van der Waals surface area (Å²) in [5, 5.41) is 0. The first-order valence-corrected chi connectivity index (χ1v) is 12.1. The molecule has 5 atom stereocenters. The van der Waals surface area contributed by atoms with E-state index in [-0.39, 0.29) is 18.1 Å². The fraction of sp³-hybridized carbons (Fsp3) is 0.407. The smallest absolute Gasteiger partial charge is 0.356 e. The number of rotatable bonds is 9. The Bertz CT molecular complexity index is 1230. The Hall–Kier alpha value is -4.52. The van der Waals surface area contributed by atoms with E-state index in [9.17, 15) is 24.0 Å². The Morgan fingerprint density at radius 1 is 0.750 bits per heavy atom. The predicted octanol–water partition coefficient (Wildman–Crippen LogP) is 2.00. The number of esters is 5. The highest BCUT2D eigenvalue weighted by Crippen LogP contribution is 2.31. The van der Waals surface area contributed by atoms with Crippen molar-refractivity contribution in [3.05, 3.63) is 48.3 Å². The van der Waals surface area contributed by atoms with Crippen LogP contribution in [0.3, 0.4) is 0 Å². The third kappa shape index (κ3) is 7.99. The molecule has 2 heterocycles. The van der Waals surface area contributed by atoms with E-state index < -0.39 is 60.6 Å². The zero-order valence-electron chi connectivity index (χ0n) is 22.5. The summed E-state index contributed by atoms with van der Waals surface area (Å²) < 4.78 is 37.8. The number of carbonyl (C=O) groups is 5. The Kier molecular flexibility index (Phi) is 10.1. The molecule has 0 saturated carbocycles. The van der Waals surface area contributed by atoms with Crippen LogP contribution in [0.15, 0.2) is 42.6 Å². The van der Waals surface area contributed by atoms with E-state index in [1.165, 1.54) is 26.3 Å². The molecular weight excluding hydrogens is 530 g/mol. The van der Waals surface area contributed by atoms with Crippen molar-refractivity contribution < 1.29 is 57.1 Å². The van der Waals surface area contributed by atoms with Gasteiger partial charge in [-0.15, -0.1) is 0 Å². The van der Waals surface area contributed by atoms with E-state index in [1.54, 1.807) is 30.3 Å². The molecule has 0 spiro atoms. The van der Waals surface area contributed by atoms with Crippen LogP contribution < -0.4 is 4.74 Å². The molecule has 1 fully saturated rings. The number of pyridine rings is 1. The third-order valence-corrected chi connectivity index (χ3v) is 5.55. The molecule has 1 saturated heterocycles. The summed E-state index contributed by atoms with van der Waals surface area (Å²) in [6.45, 7) is 4.22. The first-order chi connectivity index (χ1) is 19.0. The van der Waals surface area contributed by atoms with Crippen molar-refractivity contribution in [2.24, 2.45) is 0 Å². The first kappa shape index (κ1) is 30.0. The minimum atomic E-state index is -1.35. The van der Waals surface area contributed by atoms with Gasteiger partial charge in [-0.3, -0.25) is 19.2 Å². The Labute approximate surface area is 229 Å². The fourth-order valence-corrected chi connectivity index (χ4v) is 3.93. The van der Waals surface area contributed by atoms with Crippen molar-refractivity contribution >= 4 is 29.8 Å².